The van der Waals surface area contributed by atoms with Crippen LogP contribution in [0, 0.1) is 19.3 Å². The fourth-order valence-corrected chi connectivity index (χ4v) is 6.38. The number of hydrogen-bond donors (Lipinski definition) is 2. The Labute approximate surface area is 202 Å². The second kappa shape index (κ2) is 11.0. The minimum atomic E-state index is -0.461. The summed E-state index contributed by atoms with van der Waals surface area (Å²) in [6.45, 7) is 11.3. The molecule has 0 aliphatic heterocycles. The van der Waals surface area contributed by atoms with Gasteiger partial charge in [-0.2, -0.15) is 0 Å². The van der Waals surface area contributed by atoms with Crippen molar-refractivity contribution >= 4 is 23.0 Å². The van der Waals surface area contributed by atoms with Gasteiger partial charge < -0.3 is 10.4 Å². The van der Waals surface area contributed by atoms with Gasteiger partial charge in [-0.3, -0.25) is 9.59 Å². The van der Waals surface area contributed by atoms with Gasteiger partial charge in [0.1, 0.15) is 6.61 Å². The topological polar surface area (TPSA) is 66.4 Å². The Morgan fingerprint density at radius 1 is 1.12 bits per heavy atom. The molecule has 33 heavy (non-hydrogen) atoms. The van der Waals surface area contributed by atoms with Crippen LogP contribution in [0.2, 0.25) is 0 Å². The summed E-state index contributed by atoms with van der Waals surface area (Å²) in [5.41, 5.74) is 8.17. The fraction of sp³-hybridized carbons (Fsp3) is 0.571. The number of amides is 1. The van der Waals surface area contributed by atoms with E-state index in [9.17, 15) is 9.59 Å². The molecule has 1 heterocycles. The molecule has 1 amide bonds. The van der Waals surface area contributed by atoms with E-state index in [1.807, 2.05) is 0 Å². The molecule has 180 valence electrons. The van der Waals surface area contributed by atoms with Crippen LogP contribution in [-0.4, -0.2) is 29.9 Å². The van der Waals surface area contributed by atoms with E-state index >= 15 is 0 Å². The zero-order chi connectivity index (χ0) is 24.2. The van der Waals surface area contributed by atoms with Crippen LogP contribution in [0.3, 0.4) is 0 Å². The predicted molar refractivity (Wildman–Crippen MR) is 136 cm³/mol. The smallest absolute Gasteiger partial charge is 0.245 e. The minimum Gasteiger partial charge on any atom is -0.387 e. The first-order valence-electron chi connectivity index (χ1n) is 12.3. The van der Waals surface area contributed by atoms with Crippen molar-refractivity contribution in [2.75, 3.05) is 13.2 Å². The molecule has 0 spiro atoms. The van der Waals surface area contributed by atoms with E-state index in [0.717, 1.165) is 49.8 Å². The van der Waals surface area contributed by atoms with Gasteiger partial charge in [-0.25, -0.2) is 0 Å². The van der Waals surface area contributed by atoms with Gasteiger partial charge in [0, 0.05) is 17.8 Å². The van der Waals surface area contributed by atoms with Gasteiger partial charge in [0.25, 0.3) is 0 Å². The molecule has 0 saturated heterocycles. The van der Waals surface area contributed by atoms with Crippen LogP contribution in [-0.2, 0) is 36.9 Å². The highest BCUT2D eigenvalue weighted by Crippen LogP contribution is 2.42. The van der Waals surface area contributed by atoms with Crippen LogP contribution >= 0.6 is 11.3 Å². The molecule has 1 aromatic carbocycles. The lowest BCUT2D eigenvalue weighted by molar-refractivity contribution is -0.123. The first-order chi connectivity index (χ1) is 15.6. The van der Waals surface area contributed by atoms with Crippen molar-refractivity contribution in [3.63, 3.8) is 0 Å². The zero-order valence-corrected chi connectivity index (χ0v) is 21.7. The van der Waals surface area contributed by atoms with E-state index in [0.29, 0.717) is 24.2 Å². The SMILES string of the molecule is CCc1sc(C(=O)CCc2cc(C)c(CCCNC(=O)CO)c(C)c2)c2c1CC(C)(C)CC2. The summed E-state index contributed by atoms with van der Waals surface area (Å²) in [6, 6.07) is 4.43. The Hall–Kier alpha value is -1.98. The molecule has 0 bridgehead atoms. The van der Waals surface area contributed by atoms with E-state index in [2.05, 4.69) is 52.1 Å². The first kappa shape index (κ1) is 25.6. The Bertz CT molecular complexity index is 995. The lowest BCUT2D eigenvalue weighted by Gasteiger charge is -2.30. The molecule has 0 saturated carbocycles. The Balaban J connectivity index is 1.64. The summed E-state index contributed by atoms with van der Waals surface area (Å²) in [4.78, 5) is 26.8. The average Bonchev–Trinajstić information content (AvgIpc) is 3.12. The number of carbonyl (C=O) groups is 2. The number of fused-ring (bicyclic) bond motifs is 1. The molecule has 4 nitrogen and oxygen atoms in total. The number of aliphatic hydroxyl groups is 1. The second-order valence-electron chi connectivity index (χ2n) is 10.2. The molecule has 1 aromatic heterocycles. The van der Waals surface area contributed by atoms with Crippen molar-refractivity contribution in [3.8, 4) is 0 Å². The number of thiophene rings is 1. The summed E-state index contributed by atoms with van der Waals surface area (Å²) < 4.78 is 0. The van der Waals surface area contributed by atoms with Crippen LogP contribution < -0.4 is 5.32 Å². The number of aliphatic hydroxyl groups excluding tert-OH is 1. The minimum absolute atomic E-state index is 0.301. The molecule has 2 aromatic rings. The van der Waals surface area contributed by atoms with Crippen LogP contribution in [0.25, 0.3) is 0 Å². The highest BCUT2D eigenvalue weighted by atomic mass is 32.1. The Morgan fingerprint density at radius 2 is 1.82 bits per heavy atom. The van der Waals surface area contributed by atoms with E-state index < -0.39 is 6.61 Å². The summed E-state index contributed by atoms with van der Waals surface area (Å²) in [7, 11) is 0. The van der Waals surface area contributed by atoms with Gasteiger partial charge in [-0.05, 0) is 97.6 Å². The highest BCUT2D eigenvalue weighted by Gasteiger charge is 2.31. The third kappa shape index (κ3) is 6.33. The zero-order valence-electron chi connectivity index (χ0n) is 20.9. The van der Waals surface area contributed by atoms with Gasteiger partial charge in [0.15, 0.2) is 5.78 Å². The van der Waals surface area contributed by atoms with Gasteiger partial charge in [-0.1, -0.05) is 32.9 Å². The molecule has 1 aliphatic carbocycles. The molecular weight excluding hydrogens is 430 g/mol. The number of carbonyl (C=O) groups excluding carboxylic acids is 2. The van der Waals surface area contributed by atoms with Gasteiger partial charge in [-0.15, -0.1) is 11.3 Å². The van der Waals surface area contributed by atoms with Crippen molar-refractivity contribution in [2.45, 2.75) is 86.0 Å². The average molecular weight is 470 g/mol. The molecule has 0 atom stereocenters. The number of hydrogen-bond acceptors (Lipinski definition) is 4. The van der Waals surface area contributed by atoms with E-state index in [1.165, 1.54) is 38.3 Å². The first-order valence-corrected chi connectivity index (χ1v) is 13.1. The summed E-state index contributed by atoms with van der Waals surface area (Å²) >= 11 is 1.75. The van der Waals surface area contributed by atoms with Gasteiger partial charge >= 0.3 is 0 Å². The molecule has 0 fully saturated rings. The van der Waals surface area contributed by atoms with Crippen LogP contribution in [0.1, 0.15) is 88.0 Å². The molecule has 1 aliphatic rings. The maximum absolute atomic E-state index is 13.2. The number of ketones is 1. The van der Waals surface area contributed by atoms with Crippen molar-refractivity contribution < 1.29 is 14.7 Å². The molecular formula is C28H39NO3S. The maximum Gasteiger partial charge on any atom is 0.245 e. The summed E-state index contributed by atoms with van der Waals surface area (Å²) in [5.74, 6) is -0.0279. The fourth-order valence-electron chi connectivity index (χ4n) is 5.10. The number of benzene rings is 1. The van der Waals surface area contributed by atoms with E-state index in [4.69, 9.17) is 5.11 Å². The van der Waals surface area contributed by atoms with Crippen molar-refractivity contribution in [1.29, 1.82) is 0 Å². The Morgan fingerprint density at radius 3 is 2.45 bits per heavy atom. The lowest BCUT2D eigenvalue weighted by atomic mass is 9.74. The van der Waals surface area contributed by atoms with E-state index in [1.54, 1.807) is 11.3 Å². The molecule has 3 rings (SSSR count). The summed E-state index contributed by atoms with van der Waals surface area (Å²) in [6.07, 6.45) is 7.36. The number of rotatable bonds is 10. The maximum atomic E-state index is 13.2. The molecule has 2 N–H and O–H groups in total. The largest absolute Gasteiger partial charge is 0.387 e. The Kier molecular flexibility index (Phi) is 8.52. The van der Waals surface area contributed by atoms with E-state index in [-0.39, 0.29) is 5.91 Å². The third-order valence-electron chi connectivity index (χ3n) is 6.95. The van der Waals surface area contributed by atoms with Crippen molar-refractivity contribution in [3.05, 3.63) is 55.3 Å². The van der Waals surface area contributed by atoms with Gasteiger partial charge in [0.05, 0.1) is 4.88 Å². The van der Waals surface area contributed by atoms with Crippen molar-refractivity contribution in [2.24, 2.45) is 5.41 Å². The van der Waals surface area contributed by atoms with Gasteiger partial charge in [0.2, 0.25) is 5.91 Å². The number of aryl methyl sites for hydroxylation is 4. The standard InChI is InChI=1S/C28H39NO3S/c1-6-25-23-16-28(4,5)12-11-22(23)27(33-25)24(31)10-9-20-14-18(2)21(19(3)15-20)8-7-13-29-26(32)17-30/h14-15,30H,6-13,16-17H2,1-5H3,(H,29,32). The van der Waals surface area contributed by atoms with Crippen molar-refractivity contribution in [1.82, 2.24) is 5.32 Å². The lowest BCUT2D eigenvalue weighted by Crippen LogP contribution is -2.27. The van der Waals surface area contributed by atoms with Crippen LogP contribution in [0.4, 0.5) is 0 Å². The summed E-state index contributed by atoms with van der Waals surface area (Å²) in [5, 5.41) is 11.5. The highest BCUT2D eigenvalue weighted by molar-refractivity contribution is 7.14. The van der Waals surface area contributed by atoms with Crippen LogP contribution in [0.5, 0.6) is 0 Å². The predicted octanol–water partition coefficient (Wildman–Crippen LogP) is 5.30. The number of Topliss-reactive ketones (excluding diaryl/α,β-unsaturated/α-hetero) is 1. The monoisotopic (exact) mass is 469 g/mol. The normalized spacial score (nSPS) is 14.7. The second-order valence-corrected chi connectivity index (χ2v) is 11.4. The quantitative estimate of drug-likeness (QED) is 0.367. The molecule has 5 heteroatoms. The third-order valence-corrected chi connectivity index (χ3v) is 8.41. The number of nitrogens with one attached hydrogen (secondary N) is 1. The molecule has 0 radical (unpaired) electrons. The van der Waals surface area contributed by atoms with Crippen LogP contribution in [0.15, 0.2) is 12.1 Å². The molecule has 0 unspecified atom stereocenters.